The van der Waals surface area contributed by atoms with Crippen LogP contribution in [0.3, 0.4) is 0 Å². The summed E-state index contributed by atoms with van der Waals surface area (Å²) in [5.74, 6) is 0. The number of nitrogens with zero attached hydrogens (tertiary/aromatic N) is 1. The van der Waals surface area contributed by atoms with E-state index in [-0.39, 0.29) is 0 Å². The Morgan fingerprint density at radius 2 is 1.71 bits per heavy atom. The standard InChI is InChI=1S/C16H20N2O2S/c1-11-5-7-15(10-12(11)2)18(4)20-21(19)16-8-6-14(17)9-13(16)3/h5-10H,17H2,1-4H3. The zero-order valence-corrected chi connectivity index (χ0v) is 13.5. The van der Waals surface area contributed by atoms with Crippen molar-refractivity contribution in [1.82, 2.24) is 0 Å². The van der Waals surface area contributed by atoms with E-state index in [1.807, 2.05) is 32.0 Å². The normalized spacial score (nSPS) is 12.2. The van der Waals surface area contributed by atoms with Gasteiger partial charge in [0, 0.05) is 12.7 Å². The first kappa shape index (κ1) is 15.5. The van der Waals surface area contributed by atoms with E-state index in [1.165, 1.54) is 10.6 Å². The zero-order valence-electron chi connectivity index (χ0n) is 12.7. The number of benzene rings is 2. The van der Waals surface area contributed by atoms with E-state index in [9.17, 15) is 4.21 Å². The largest absolute Gasteiger partial charge is 0.399 e. The van der Waals surface area contributed by atoms with E-state index in [2.05, 4.69) is 6.92 Å². The molecule has 112 valence electrons. The minimum absolute atomic E-state index is 0.625. The van der Waals surface area contributed by atoms with Crippen molar-refractivity contribution >= 4 is 22.5 Å². The van der Waals surface area contributed by atoms with Crippen molar-refractivity contribution in [1.29, 1.82) is 0 Å². The molecule has 0 saturated carbocycles. The number of hydrogen-bond acceptors (Lipinski definition) is 4. The Morgan fingerprint density at radius 3 is 2.33 bits per heavy atom. The summed E-state index contributed by atoms with van der Waals surface area (Å²) in [6.45, 7) is 5.95. The minimum atomic E-state index is -1.58. The molecule has 5 heteroatoms. The Labute approximate surface area is 128 Å². The molecule has 2 rings (SSSR count). The second kappa shape index (κ2) is 6.28. The first-order chi connectivity index (χ1) is 9.88. The molecule has 0 aliphatic rings. The third-order valence-electron chi connectivity index (χ3n) is 3.41. The predicted octanol–water partition coefficient (Wildman–Crippen LogP) is 3.28. The van der Waals surface area contributed by atoms with Crippen LogP contribution in [0.2, 0.25) is 0 Å². The topological polar surface area (TPSA) is 55.6 Å². The highest BCUT2D eigenvalue weighted by Gasteiger charge is 2.13. The maximum absolute atomic E-state index is 12.3. The van der Waals surface area contributed by atoms with Gasteiger partial charge in [0.15, 0.2) is 0 Å². The molecule has 0 bridgehead atoms. The summed E-state index contributed by atoms with van der Waals surface area (Å²) >= 11 is -1.58. The molecule has 2 aromatic rings. The van der Waals surface area contributed by atoms with E-state index in [4.69, 9.17) is 10.0 Å². The van der Waals surface area contributed by atoms with Crippen LogP contribution in [0, 0.1) is 20.8 Å². The van der Waals surface area contributed by atoms with E-state index in [1.54, 1.807) is 25.2 Å². The van der Waals surface area contributed by atoms with Gasteiger partial charge in [-0.25, -0.2) is 9.27 Å². The second-order valence-electron chi connectivity index (χ2n) is 5.10. The van der Waals surface area contributed by atoms with Crippen molar-refractivity contribution in [2.45, 2.75) is 25.7 Å². The first-order valence-electron chi connectivity index (χ1n) is 6.66. The van der Waals surface area contributed by atoms with E-state index in [0.717, 1.165) is 16.8 Å². The highest BCUT2D eigenvalue weighted by Crippen LogP contribution is 2.22. The van der Waals surface area contributed by atoms with Crippen LogP contribution in [-0.2, 0) is 15.4 Å². The molecule has 0 heterocycles. The van der Waals surface area contributed by atoms with Crippen molar-refractivity contribution in [2.75, 3.05) is 17.8 Å². The number of hydrogen-bond donors (Lipinski definition) is 1. The number of hydroxylamine groups is 1. The predicted molar refractivity (Wildman–Crippen MR) is 87.4 cm³/mol. The number of nitrogen functional groups attached to an aromatic ring is 1. The van der Waals surface area contributed by atoms with Gasteiger partial charge in [-0.05, 0) is 67.8 Å². The SMILES string of the molecule is Cc1ccc(N(C)OS(=O)c2ccc(N)cc2C)cc1C. The fraction of sp³-hybridized carbons (Fsp3) is 0.250. The van der Waals surface area contributed by atoms with Gasteiger partial charge in [0.25, 0.3) is 0 Å². The molecule has 0 aliphatic carbocycles. The van der Waals surface area contributed by atoms with E-state index in [0.29, 0.717) is 10.6 Å². The Bertz CT molecular complexity index is 686. The summed E-state index contributed by atoms with van der Waals surface area (Å²) in [5.41, 5.74) is 10.4. The lowest BCUT2D eigenvalue weighted by molar-refractivity contribution is 0.333. The van der Waals surface area contributed by atoms with Crippen molar-refractivity contribution < 1.29 is 8.49 Å². The van der Waals surface area contributed by atoms with Crippen LogP contribution >= 0.6 is 0 Å². The van der Waals surface area contributed by atoms with Crippen LogP contribution in [0.1, 0.15) is 16.7 Å². The van der Waals surface area contributed by atoms with Gasteiger partial charge in [-0.15, -0.1) is 0 Å². The molecule has 1 atom stereocenters. The molecule has 1 unspecified atom stereocenters. The molecule has 0 aliphatic heterocycles. The van der Waals surface area contributed by atoms with E-state index >= 15 is 0 Å². The molecule has 0 aromatic heterocycles. The summed E-state index contributed by atoms with van der Waals surface area (Å²) in [6.07, 6.45) is 0. The number of rotatable bonds is 4. The van der Waals surface area contributed by atoms with Crippen LogP contribution in [0.5, 0.6) is 0 Å². The lowest BCUT2D eigenvalue weighted by Crippen LogP contribution is -2.20. The minimum Gasteiger partial charge on any atom is -0.399 e. The fourth-order valence-corrected chi connectivity index (χ4v) is 2.84. The zero-order chi connectivity index (χ0) is 15.6. The van der Waals surface area contributed by atoms with Gasteiger partial charge < -0.3 is 5.73 Å². The van der Waals surface area contributed by atoms with Crippen LogP contribution in [-0.4, -0.2) is 11.3 Å². The van der Waals surface area contributed by atoms with E-state index < -0.39 is 11.1 Å². The summed E-state index contributed by atoms with van der Waals surface area (Å²) < 4.78 is 17.8. The molecule has 0 saturated heterocycles. The maximum Gasteiger partial charge on any atom is 0.212 e. The maximum atomic E-state index is 12.3. The van der Waals surface area contributed by atoms with Gasteiger partial charge in [-0.1, -0.05) is 6.07 Å². The molecule has 0 radical (unpaired) electrons. The number of nitrogens with two attached hydrogens (primary N) is 1. The fourth-order valence-electron chi connectivity index (χ4n) is 1.97. The third kappa shape index (κ3) is 3.62. The van der Waals surface area contributed by atoms with Gasteiger partial charge >= 0.3 is 0 Å². The van der Waals surface area contributed by atoms with Gasteiger partial charge in [0.2, 0.25) is 11.1 Å². The van der Waals surface area contributed by atoms with Crippen LogP contribution in [0.25, 0.3) is 0 Å². The molecular weight excluding hydrogens is 284 g/mol. The van der Waals surface area contributed by atoms with Crippen molar-refractivity contribution in [3.63, 3.8) is 0 Å². The molecular formula is C16H20N2O2S. The monoisotopic (exact) mass is 304 g/mol. The molecule has 0 spiro atoms. The molecule has 2 aromatic carbocycles. The Balaban J connectivity index is 2.16. The number of aryl methyl sites for hydroxylation is 3. The van der Waals surface area contributed by atoms with Crippen LogP contribution in [0.4, 0.5) is 11.4 Å². The highest BCUT2D eigenvalue weighted by atomic mass is 32.2. The quantitative estimate of drug-likeness (QED) is 0.695. The summed E-state index contributed by atoms with van der Waals surface area (Å²) in [7, 11) is 1.74. The van der Waals surface area contributed by atoms with Gasteiger partial charge in [-0.3, -0.25) is 0 Å². The summed E-state index contributed by atoms with van der Waals surface area (Å²) in [6, 6.07) is 11.2. The smallest absolute Gasteiger partial charge is 0.212 e. The molecule has 0 fully saturated rings. The Hall–Kier alpha value is -1.85. The highest BCUT2D eigenvalue weighted by molar-refractivity contribution is 7.80. The second-order valence-corrected chi connectivity index (χ2v) is 6.16. The van der Waals surface area contributed by atoms with Crippen molar-refractivity contribution in [3.05, 3.63) is 53.1 Å². The molecule has 2 N–H and O–H groups in total. The molecule has 4 nitrogen and oxygen atoms in total. The van der Waals surface area contributed by atoms with Gasteiger partial charge in [0.1, 0.15) is 0 Å². The summed E-state index contributed by atoms with van der Waals surface area (Å²) in [5, 5.41) is 1.53. The van der Waals surface area contributed by atoms with Gasteiger partial charge in [-0.2, -0.15) is 4.28 Å². The van der Waals surface area contributed by atoms with Crippen molar-refractivity contribution in [2.24, 2.45) is 0 Å². The van der Waals surface area contributed by atoms with Gasteiger partial charge in [0.05, 0.1) is 10.6 Å². The van der Waals surface area contributed by atoms with Crippen LogP contribution < -0.4 is 10.8 Å². The van der Waals surface area contributed by atoms with Crippen LogP contribution in [0.15, 0.2) is 41.3 Å². The first-order valence-corrected chi connectivity index (χ1v) is 7.73. The lowest BCUT2D eigenvalue weighted by Gasteiger charge is -2.19. The van der Waals surface area contributed by atoms with Crippen molar-refractivity contribution in [3.8, 4) is 0 Å². The average molecular weight is 304 g/mol. The Morgan fingerprint density at radius 1 is 1.00 bits per heavy atom. The number of anilines is 2. The lowest BCUT2D eigenvalue weighted by atomic mass is 10.1. The average Bonchev–Trinajstić information content (AvgIpc) is 2.41. The Kier molecular flexibility index (Phi) is 4.65. The summed E-state index contributed by atoms with van der Waals surface area (Å²) in [4.78, 5) is 0.625. The molecule has 0 amide bonds. The molecule has 21 heavy (non-hydrogen) atoms. The third-order valence-corrected chi connectivity index (χ3v) is 4.59.